The van der Waals surface area contributed by atoms with Gasteiger partial charge in [0.2, 0.25) is 0 Å². The zero-order valence-electron chi connectivity index (χ0n) is 6.15. The van der Waals surface area contributed by atoms with Crippen LogP contribution in [0.25, 0.3) is 0 Å². The molecule has 2 N–H and O–H groups in total. The van der Waals surface area contributed by atoms with E-state index >= 15 is 0 Å². The minimum absolute atomic E-state index is 0.919. The minimum Gasteiger partial charge on any atom is -0.480 e. The van der Waals surface area contributed by atoms with Crippen molar-refractivity contribution >= 4 is 28.1 Å². The van der Waals surface area contributed by atoms with Crippen molar-refractivity contribution in [3.8, 4) is 0 Å². The maximum atomic E-state index is 10.5. The largest absolute Gasteiger partial charge is 0.480 e. The fourth-order valence-corrected chi connectivity index (χ4v) is 2.17. The number of aliphatic carboxylic acids is 1. The lowest BCUT2D eigenvalue weighted by molar-refractivity contribution is -0.137. The Kier molecular flexibility index (Phi) is 2.96. The Bertz CT molecular complexity index is 331. The molecule has 0 aliphatic carbocycles. The van der Waals surface area contributed by atoms with Gasteiger partial charge in [0.25, 0.3) is 0 Å². The van der Waals surface area contributed by atoms with Gasteiger partial charge in [-0.25, -0.2) is 4.18 Å². The van der Waals surface area contributed by atoms with E-state index in [1.807, 2.05) is 0 Å². The van der Waals surface area contributed by atoms with Gasteiger partial charge in [-0.15, -0.1) is 11.8 Å². The summed E-state index contributed by atoms with van der Waals surface area (Å²) in [6, 6.07) is 0. The first-order chi connectivity index (χ1) is 5.90. The summed E-state index contributed by atoms with van der Waals surface area (Å²) < 4.78 is 32.9. The number of rotatable bonds is 3. The van der Waals surface area contributed by atoms with Crippen LogP contribution in [0.1, 0.15) is 0 Å². The molecule has 0 fully saturated rings. The molecule has 0 saturated heterocycles. The molecule has 0 amide bonds. The Balaban J connectivity index is 2.69. The third kappa shape index (κ3) is 2.99. The second-order valence-electron chi connectivity index (χ2n) is 2.21. The van der Waals surface area contributed by atoms with Crippen LogP contribution in [0, 0.1) is 0 Å². The van der Waals surface area contributed by atoms with Gasteiger partial charge in [0.1, 0.15) is 11.4 Å². The molecule has 2 atom stereocenters. The summed E-state index contributed by atoms with van der Waals surface area (Å²) in [5.41, 5.74) is 0. The fourth-order valence-electron chi connectivity index (χ4n) is 0.807. The molecule has 74 valence electrons. The van der Waals surface area contributed by atoms with Crippen molar-refractivity contribution in [1.82, 2.24) is 0 Å². The van der Waals surface area contributed by atoms with Gasteiger partial charge in [0.15, 0.2) is 0 Å². The first kappa shape index (κ1) is 10.5. The lowest BCUT2D eigenvalue weighted by Gasteiger charge is -2.11. The molecule has 1 aliphatic rings. The summed E-state index contributed by atoms with van der Waals surface area (Å²) in [6.07, 6.45) is 0.120. The standard InChI is InChI=1S/C5H6O6S2/c6-5(7)4-3(1-2-12-4)11-13(8,9)10/h1-4H,(H,6,7)(H,8,9,10). The van der Waals surface area contributed by atoms with E-state index in [9.17, 15) is 13.2 Å². The molecule has 8 heteroatoms. The zero-order valence-corrected chi connectivity index (χ0v) is 7.79. The van der Waals surface area contributed by atoms with Gasteiger partial charge in [0.05, 0.1) is 0 Å². The maximum Gasteiger partial charge on any atom is 0.397 e. The quantitative estimate of drug-likeness (QED) is 0.647. The third-order valence-electron chi connectivity index (χ3n) is 1.27. The Hall–Kier alpha value is -0.570. The van der Waals surface area contributed by atoms with E-state index < -0.39 is 27.7 Å². The molecule has 1 rings (SSSR count). The smallest absolute Gasteiger partial charge is 0.397 e. The van der Waals surface area contributed by atoms with Crippen LogP contribution in [0.5, 0.6) is 0 Å². The van der Waals surface area contributed by atoms with Crippen LogP contribution >= 0.6 is 11.8 Å². The van der Waals surface area contributed by atoms with Crippen LogP contribution in [0.4, 0.5) is 0 Å². The fraction of sp³-hybridized carbons (Fsp3) is 0.400. The molecule has 0 aromatic carbocycles. The number of hydrogen-bond acceptors (Lipinski definition) is 5. The molecule has 0 aromatic rings. The number of carboxylic acids is 1. The second kappa shape index (κ2) is 3.66. The second-order valence-corrected chi connectivity index (χ2v) is 4.31. The highest BCUT2D eigenvalue weighted by Crippen LogP contribution is 2.27. The molecule has 0 aromatic heterocycles. The summed E-state index contributed by atoms with van der Waals surface area (Å²) in [7, 11) is -4.60. The van der Waals surface area contributed by atoms with Crippen LogP contribution in [0.15, 0.2) is 11.5 Å². The molecule has 2 unspecified atom stereocenters. The summed E-state index contributed by atoms with van der Waals surface area (Å²) >= 11 is 0.919. The Labute approximate surface area is 78.5 Å². The maximum absolute atomic E-state index is 10.5. The van der Waals surface area contributed by atoms with Gasteiger partial charge in [-0.2, -0.15) is 8.42 Å². The average Bonchev–Trinajstić information content (AvgIpc) is 2.31. The van der Waals surface area contributed by atoms with E-state index in [0.717, 1.165) is 11.8 Å². The molecule has 0 bridgehead atoms. The minimum atomic E-state index is -4.60. The molecule has 0 spiro atoms. The van der Waals surface area contributed by atoms with Gasteiger partial charge in [-0.3, -0.25) is 9.35 Å². The Morgan fingerprint density at radius 1 is 1.54 bits per heavy atom. The first-order valence-electron chi connectivity index (χ1n) is 3.11. The van der Waals surface area contributed by atoms with Crippen molar-refractivity contribution in [2.24, 2.45) is 0 Å². The van der Waals surface area contributed by atoms with Crippen molar-refractivity contribution in [3.63, 3.8) is 0 Å². The van der Waals surface area contributed by atoms with Crippen molar-refractivity contribution in [1.29, 1.82) is 0 Å². The average molecular weight is 226 g/mol. The lowest BCUT2D eigenvalue weighted by Crippen LogP contribution is -2.30. The monoisotopic (exact) mass is 226 g/mol. The molecule has 13 heavy (non-hydrogen) atoms. The van der Waals surface area contributed by atoms with Crippen molar-refractivity contribution in [2.75, 3.05) is 0 Å². The van der Waals surface area contributed by atoms with Crippen molar-refractivity contribution in [2.45, 2.75) is 11.4 Å². The topological polar surface area (TPSA) is 101 Å². The first-order valence-corrected chi connectivity index (χ1v) is 5.41. The van der Waals surface area contributed by atoms with E-state index in [1.54, 1.807) is 0 Å². The molecule has 0 radical (unpaired) electrons. The number of hydrogen-bond donors (Lipinski definition) is 2. The van der Waals surface area contributed by atoms with Crippen LogP contribution < -0.4 is 0 Å². The summed E-state index contributed by atoms with van der Waals surface area (Å²) in [6.45, 7) is 0. The zero-order chi connectivity index (χ0) is 10.1. The highest BCUT2D eigenvalue weighted by Gasteiger charge is 2.33. The van der Waals surface area contributed by atoms with E-state index in [2.05, 4.69) is 4.18 Å². The van der Waals surface area contributed by atoms with Gasteiger partial charge in [-0.05, 0) is 11.5 Å². The normalized spacial score (nSPS) is 27.8. The van der Waals surface area contributed by atoms with Crippen LogP contribution in [-0.4, -0.2) is 35.4 Å². The van der Waals surface area contributed by atoms with Crippen LogP contribution in [-0.2, 0) is 19.4 Å². The third-order valence-corrected chi connectivity index (χ3v) is 2.81. The molecule has 1 heterocycles. The molecule has 0 saturated carbocycles. The highest BCUT2D eigenvalue weighted by molar-refractivity contribution is 8.03. The molecule has 6 nitrogen and oxygen atoms in total. The predicted molar refractivity (Wildman–Crippen MR) is 44.6 cm³/mol. The van der Waals surface area contributed by atoms with Crippen LogP contribution in [0.2, 0.25) is 0 Å². The van der Waals surface area contributed by atoms with Gasteiger partial charge < -0.3 is 5.11 Å². The Morgan fingerprint density at radius 3 is 2.62 bits per heavy atom. The number of carboxylic acid groups (broad SMARTS) is 1. The van der Waals surface area contributed by atoms with Crippen molar-refractivity contribution in [3.05, 3.63) is 11.5 Å². The van der Waals surface area contributed by atoms with E-state index in [0.29, 0.717) is 0 Å². The lowest BCUT2D eigenvalue weighted by atomic mass is 10.2. The number of carbonyl (C=O) groups is 1. The summed E-state index contributed by atoms with van der Waals surface area (Å²) in [5.74, 6) is -1.19. The summed E-state index contributed by atoms with van der Waals surface area (Å²) in [4.78, 5) is 10.5. The molecular weight excluding hydrogens is 220 g/mol. The molecule has 1 aliphatic heterocycles. The Morgan fingerprint density at radius 2 is 2.15 bits per heavy atom. The van der Waals surface area contributed by atoms with Gasteiger partial charge in [-0.1, -0.05) is 0 Å². The van der Waals surface area contributed by atoms with Crippen molar-refractivity contribution < 1.29 is 27.1 Å². The van der Waals surface area contributed by atoms with Gasteiger partial charge >= 0.3 is 16.4 Å². The van der Waals surface area contributed by atoms with E-state index in [-0.39, 0.29) is 0 Å². The van der Waals surface area contributed by atoms with Crippen LogP contribution in [0.3, 0.4) is 0 Å². The predicted octanol–water partition coefficient (Wildman–Crippen LogP) is -0.112. The van der Waals surface area contributed by atoms with E-state index in [4.69, 9.17) is 9.66 Å². The number of thioether (sulfide) groups is 1. The summed E-state index contributed by atoms with van der Waals surface area (Å²) in [5, 5.41) is 8.95. The highest BCUT2D eigenvalue weighted by atomic mass is 32.3. The van der Waals surface area contributed by atoms with Gasteiger partial charge in [0, 0.05) is 0 Å². The van der Waals surface area contributed by atoms with E-state index in [1.165, 1.54) is 11.5 Å². The molecular formula is C5H6O6S2. The SMILES string of the molecule is O=C(O)C1SC=CC1OS(=O)(=O)O.